The lowest BCUT2D eigenvalue weighted by Crippen LogP contribution is -2.40. The van der Waals surface area contributed by atoms with Crippen LogP contribution in [-0.4, -0.2) is 21.5 Å². The maximum Gasteiger partial charge on any atom is 0.287 e. The molecule has 1 N–H and O–H groups in total. The maximum atomic E-state index is 13.4. The van der Waals surface area contributed by atoms with E-state index in [1.54, 1.807) is 13.0 Å². The van der Waals surface area contributed by atoms with Crippen molar-refractivity contribution in [2.45, 2.75) is 39.3 Å². The summed E-state index contributed by atoms with van der Waals surface area (Å²) in [7, 11) is 0. The molecule has 1 aromatic carbocycles. The molecule has 0 fully saturated rings. The Bertz CT molecular complexity index is 941. The molecule has 3 heterocycles. The highest BCUT2D eigenvalue weighted by atomic mass is 19.1. The standard InChI is InChI=1S/C18H18FN3O2/c1-10-8-22-9-13(4-6-16(22)20-10)21-18(23)17-11(2)14-7-12(19)3-5-15(14)24-17/h3,5,7-8,13H,4,6,9H2,1-2H3,(H,21,23)/t13-/m1/s1. The fourth-order valence-electron chi connectivity index (χ4n) is 3.36. The van der Waals surface area contributed by atoms with Gasteiger partial charge in [0.1, 0.15) is 17.2 Å². The van der Waals surface area contributed by atoms with E-state index in [-0.39, 0.29) is 23.5 Å². The van der Waals surface area contributed by atoms with Gasteiger partial charge in [0.05, 0.1) is 5.69 Å². The van der Waals surface area contributed by atoms with Crippen molar-refractivity contribution in [1.29, 1.82) is 0 Å². The van der Waals surface area contributed by atoms with Gasteiger partial charge in [0.25, 0.3) is 5.91 Å². The Hall–Kier alpha value is -2.63. The van der Waals surface area contributed by atoms with Gasteiger partial charge < -0.3 is 14.3 Å². The van der Waals surface area contributed by atoms with Gasteiger partial charge in [-0.25, -0.2) is 9.37 Å². The van der Waals surface area contributed by atoms with Crippen LogP contribution >= 0.6 is 0 Å². The number of halogens is 1. The van der Waals surface area contributed by atoms with E-state index < -0.39 is 0 Å². The molecule has 1 amide bonds. The number of hydrogen-bond donors (Lipinski definition) is 1. The molecule has 0 spiro atoms. The Balaban J connectivity index is 1.56. The van der Waals surface area contributed by atoms with E-state index in [9.17, 15) is 9.18 Å². The van der Waals surface area contributed by atoms with Crippen LogP contribution in [0.15, 0.2) is 28.8 Å². The highest BCUT2D eigenvalue weighted by Crippen LogP contribution is 2.26. The molecule has 24 heavy (non-hydrogen) atoms. The van der Waals surface area contributed by atoms with Gasteiger partial charge in [0, 0.05) is 36.2 Å². The lowest BCUT2D eigenvalue weighted by atomic mass is 10.1. The third-order valence-electron chi connectivity index (χ3n) is 4.55. The number of fused-ring (bicyclic) bond motifs is 2. The number of furan rings is 1. The highest BCUT2D eigenvalue weighted by molar-refractivity contribution is 5.99. The molecule has 0 saturated carbocycles. The zero-order valence-electron chi connectivity index (χ0n) is 13.6. The van der Waals surface area contributed by atoms with Crippen molar-refractivity contribution in [3.05, 3.63) is 53.1 Å². The van der Waals surface area contributed by atoms with E-state index in [1.807, 2.05) is 13.1 Å². The van der Waals surface area contributed by atoms with E-state index in [4.69, 9.17) is 4.42 Å². The van der Waals surface area contributed by atoms with E-state index in [0.29, 0.717) is 23.1 Å². The number of nitrogens with zero attached hydrogens (tertiary/aromatic N) is 2. The minimum atomic E-state index is -0.339. The number of carbonyl (C=O) groups excluding carboxylic acids is 1. The van der Waals surface area contributed by atoms with Crippen molar-refractivity contribution in [1.82, 2.24) is 14.9 Å². The topological polar surface area (TPSA) is 60.1 Å². The molecule has 5 nitrogen and oxygen atoms in total. The van der Waals surface area contributed by atoms with Crippen LogP contribution in [0.5, 0.6) is 0 Å². The first-order valence-electron chi connectivity index (χ1n) is 8.03. The number of benzene rings is 1. The minimum absolute atomic E-state index is 0.0305. The Kier molecular flexibility index (Phi) is 3.40. The van der Waals surface area contributed by atoms with Crippen LogP contribution in [0.25, 0.3) is 11.0 Å². The predicted molar refractivity (Wildman–Crippen MR) is 87.4 cm³/mol. The Morgan fingerprint density at radius 2 is 2.25 bits per heavy atom. The lowest BCUT2D eigenvalue weighted by molar-refractivity contribution is 0.0900. The molecule has 0 bridgehead atoms. The van der Waals surface area contributed by atoms with Crippen molar-refractivity contribution in [2.75, 3.05) is 0 Å². The fraction of sp³-hybridized carbons (Fsp3) is 0.333. The molecule has 0 radical (unpaired) electrons. The number of hydrogen-bond acceptors (Lipinski definition) is 3. The number of aromatic nitrogens is 2. The molecule has 4 rings (SSSR count). The highest BCUT2D eigenvalue weighted by Gasteiger charge is 2.24. The molecule has 1 atom stereocenters. The summed E-state index contributed by atoms with van der Waals surface area (Å²) in [6.45, 7) is 4.45. The largest absolute Gasteiger partial charge is 0.451 e. The van der Waals surface area contributed by atoms with Gasteiger partial charge in [0.2, 0.25) is 0 Å². The molecule has 3 aromatic rings. The second-order valence-corrected chi connectivity index (χ2v) is 6.36. The average Bonchev–Trinajstić information content (AvgIpc) is 3.06. The lowest BCUT2D eigenvalue weighted by Gasteiger charge is -2.24. The molecule has 2 aromatic heterocycles. The van der Waals surface area contributed by atoms with Crippen LogP contribution in [0, 0.1) is 19.7 Å². The van der Waals surface area contributed by atoms with Gasteiger partial charge in [-0.15, -0.1) is 0 Å². The second-order valence-electron chi connectivity index (χ2n) is 6.36. The van der Waals surface area contributed by atoms with E-state index in [0.717, 1.165) is 24.4 Å². The molecule has 1 aliphatic rings. The maximum absolute atomic E-state index is 13.4. The molecule has 6 heteroatoms. The van der Waals surface area contributed by atoms with E-state index >= 15 is 0 Å². The Labute approximate surface area is 138 Å². The van der Waals surface area contributed by atoms with Gasteiger partial charge in [-0.2, -0.15) is 0 Å². The van der Waals surface area contributed by atoms with Crippen molar-refractivity contribution < 1.29 is 13.6 Å². The third kappa shape index (κ3) is 2.48. The Morgan fingerprint density at radius 1 is 1.42 bits per heavy atom. The fourth-order valence-corrected chi connectivity index (χ4v) is 3.36. The number of amides is 1. The van der Waals surface area contributed by atoms with E-state index in [1.165, 1.54) is 12.1 Å². The van der Waals surface area contributed by atoms with Gasteiger partial charge in [-0.1, -0.05) is 0 Å². The summed E-state index contributed by atoms with van der Waals surface area (Å²) in [5.41, 5.74) is 2.18. The second kappa shape index (κ2) is 5.47. The summed E-state index contributed by atoms with van der Waals surface area (Å²) in [6.07, 6.45) is 3.68. The molecule has 124 valence electrons. The Morgan fingerprint density at radius 3 is 3.08 bits per heavy atom. The molecule has 0 unspecified atom stereocenters. The van der Waals surface area contributed by atoms with Crippen molar-refractivity contribution in [2.24, 2.45) is 0 Å². The molecular formula is C18H18FN3O2. The number of rotatable bonds is 2. The predicted octanol–water partition coefficient (Wildman–Crippen LogP) is 3.13. The summed E-state index contributed by atoms with van der Waals surface area (Å²) in [4.78, 5) is 17.1. The molecular weight excluding hydrogens is 309 g/mol. The summed E-state index contributed by atoms with van der Waals surface area (Å²) in [5, 5.41) is 3.66. The number of imidazole rings is 1. The normalized spacial score (nSPS) is 17.0. The summed E-state index contributed by atoms with van der Waals surface area (Å²) >= 11 is 0. The summed E-state index contributed by atoms with van der Waals surface area (Å²) in [5.74, 6) is 0.722. The van der Waals surface area contributed by atoms with Crippen LogP contribution in [0.1, 0.15) is 34.1 Å². The number of nitrogens with one attached hydrogen (secondary N) is 1. The average molecular weight is 327 g/mol. The zero-order valence-corrected chi connectivity index (χ0v) is 13.6. The monoisotopic (exact) mass is 327 g/mol. The van der Waals surface area contributed by atoms with Gasteiger partial charge in [0.15, 0.2) is 5.76 Å². The van der Waals surface area contributed by atoms with E-state index in [2.05, 4.69) is 14.9 Å². The quantitative estimate of drug-likeness (QED) is 0.787. The molecule has 0 aliphatic carbocycles. The first-order chi connectivity index (χ1) is 11.5. The number of carbonyl (C=O) groups is 1. The minimum Gasteiger partial charge on any atom is -0.451 e. The van der Waals surface area contributed by atoms with Crippen LogP contribution in [0.4, 0.5) is 4.39 Å². The third-order valence-corrected chi connectivity index (χ3v) is 4.55. The summed E-state index contributed by atoms with van der Waals surface area (Å²) in [6, 6.07) is 4.31. The van der Waals surface area contributed by atoms with Crippen molar-refractivity contribution in [3.8, 4) is 0 Å². The zero-order chi connectivity index (χ0) is 16.8. The van der Waals surface area contributed by atoms with Crippen LogP contribution in [0.3, 0.4) is 0 Å². The molecule has 1 aliphatic heterocycles. The first-order valence-corrected chi connectivity index (χ1v) is 8.03. The number of aryl methyl sites for hydroxylation is 3. The van der Waals surface area contributed by atoms with Gasteiger partial charge >= 0.3 is 0 Å². The van der Waals surface area contributed by atoms with Crippen LogP contribution in [-0.2, 0) is 13.0 Å². The van der Waals surface area contributed by atoms with Crippen molar-refractivity contribution in [3.63, 3.8) is 0 Å². The van der Waals surface area contributed by atoms with Crippen molar-refractivity contribution >= 4 is 16.9 Å². The molecule has 0 saturated heterocycles. The smallest absolute Gasteiger partial charge is 0.287 e. The van der Waals surface area contributed by atoms with Crippen LogP contribution < -0.4 is 5.32 Å². The van der Waals surface area contributed by atoms with Crippen LogP contribution in [0.2, 0.25) is 0 Å². The SMILES string of the molecule is Cc1cn2c(n1)CC[C@@H](NC(=O)c1oc3ccc(F)cc3c1C)C2. The first kappa shape index (κ1) is 14.9. The van der Waals surface area contributed by atoms with Gasteiger partial charge in [-0.3, -0.25) is 4.79 Å². The summed E-state index contributed by atoms with van der Waals surface area (Å²) < 4.78 is 21.1. The van der Waals surface area contributed by atoms with Gasteiger partial charge in [-0.05, 0) is 38.5 Å².